The molecule has 0 aliphatic rings. The highest BCUT2D eigenvalue weighted by Gasteiger charge is 2.18. The number of nitrogens with zero attached hydrogens (tertiary/aromatic N) is 1. The van der Waals surface area contributed by atoms with Crippen LogP contribution in [0.1, 0.15) is 24.2 Å². The molecule has 0 radical (unpaired) electrons. The van der Waals surface area contributed by atoms with Crippen LogP contribution in [0.2, 0.25) is 0 Å². The molecule has 0 aromatic heterocycles. The molecule has 0 unspecified atom stereocenters. The number of hydrogen-bond donors (Lipinski definition) is 0. The maximum absolute atomic E-state index is 12.3. The SMILES string of the molecule is CC(C)N(CCBr)C(=O)c1ccc(S(C)(=O)=O)cc1. The minimum absolute atomic E-state index is 0.0884. The van der Waals surface area contributed by atoms with Gasteiger partial charge in [-0.15, -0.1) is 0 Å². The van der Waals surface area contributed by atoms with E-state index in [1.165, 1.54) is 12.1 Å². The Hall–Kier alpha value is -0.880. The quantitative estimate of drug-likeness (QED) is 0.768. The van der Waals surface area contributed by atoms with Gasteiger partial charge < -0.3 is 4.90 Å². The molecule has 0 aliphatic carbocycles. The normalized spacial score (nSPS) is 11.6. The summed E-state index contributed by atoms with van der Waals surface area (Å²) in [7, 11) is -3.22. The Morgan fingerprint density at radius 2 is 1.79 bits per heavy atom. The van der Waals surface area contributed by atoms with Crippen molar-refractivity contribution < 1.29 is 13.2 Å². The first-order valence-electron chi connectivity index (χ1n) is 5.94. The van der Waals surface area contributed by atoms with Crippen molar-refractivity contribution in [3.8, 4) is 0 Å². The monoisotopic (exact) mass is 347 g/mol. The number of halogens is 1. The first kappa shape index (κ1) is 16.2. The number of benzene rings is 1. The lowest BCUT2D eigenvalue weighted by atomic mass is 10.2. The zero-order valence-electron chi connectivity index (χ0n) is 11.3. The number of alkyl halides is 1. The van der Waals surface area contributed by atoms with Gasteiger partial charge in [0.2, 0.25) is 0 Å². The Morgan fingerprint density at radius 1 is 1.26 bits per heavy atom. The average Bonchev–Trinajstić information content (AvgIpc) is 2.34. The molecule has 0 bridgehead atoms. The lowest BCUT2D eigenvalue weighted by Crippen LogP contribution is -2.38. The standard InChI is InChI=1S/C13H18BrNO3S/c1-10(2)15(9-8-14)13(16)11-4-6-12(7-5-11)19(3,17)18/h4-7,10H,8-9H2,1-3H3. The summed E-state index contributed by atoms with van der Waals surface area (Å²) in [5, 5.41) is 0.707. The summed E-state index contributed by atoms with van der Waals surface area (Å²) in [6, 6.07) is 6.15. The molecule has 19 heavy (non-hydrogen) atoms. The summed E-state index contributed by atoms with van der Waals surface area (Å²) in [5.74, 6) is -0.0884. The molecule has 0 saturated carbocycles. The fourth-order valence-electron chi connectivity index (χ4n) is 1.70. The lowest BCUT2D eigenvalue weighted by molar-refractivity contribution is 0.0719. The molecule has 1 amide bonds. The van der Waals surface area contributed by atoms with Crippen LogP contribution in [0.5, 0.6) is 0 Å². The van der Waals surface area contributed by atoms with Crippen LogP contribution in [-0.4, -0.2) is 43.4 Å². The Morgan fingerprint density at radius 3 is 2.16 bits per heavy atom. The van der Waals surface area contributed by atoms with Gasteiger partial charge in [0, 0.05) is 29.7 Å². The van der Waals surface area contributed by atoms with E-state index in [0.717, 1.165) is 6.26 Å². The minimum atomic E-state index is -3.22. The molecule has 0 aliphatic heterocycles. The molecule has 106 valence electrons. The Bertz CT molecular complexity index is 538. The zero-order chi connectivity index (χ0) is 14.6. The van der Waals surface area contributed by atoms with Gasteiger partial charge in [-0.1, -0.05) is 15.9 Å². The Balaban J connectivity index is 3.00. The van der Waals surface area contributed by atoms with Gasteiger partial charge in [0.25, 0.3) is 5.91 Å². The van der Waals surface area contributed by atoms with Crippen LogP contribution >= 0.6 is 15.9 Å². The van der Waals surface area contributed by atoms with Crippen molar-refractivity contribution in [2.75, 3.05) is 18.1 Å². The van der Waals surface area contributed by atoms with Gasteiger partial charge in [-0.25, -0.2) is 8.42 Å². The summed E-state index contributed by atoms with van der Waals surface area (Å²) in [6.07, 6.45) is 1.15. The molecular formula is C13H18BrNO3S. The molecule has 0 saturated heterocycles. The van der Waals surface area contributed by atoms with Crippen molar-refractivity contribution in [3.05, 3.63) is 29.8 Å². The molecule has 1 aromatic carbocycles. The van der Waals surface area contributed by atoms with Gasteiger partial charge in [-0.3, -0.25) is 4.79 Å². The van der Waals surface area contributed by atoms with E-state index in [4.69, 9.17) is 0 Å². The maximum atomic E-state index is 12.3. The predicted molar refractivity (Wildman–Crippen MR) is 79.5 cm³/mol. The van der Waals surface area contributed by atoms with Gasteiger partial charge in [0.05, 0.1) is 4.90 Å². The van der Waals surface area contributed by atoms with Crippen LogP contribution in [0.15, 0.2) is 29.2 Å². The second-order valence-electron chi connectivity index (χ2n) is 4.58. The summed E-state index contributed by atoms with van der Waals surface area (Å²) in [5.41, 5.74) is 0.502. The van der Waals surface area contributed by atoms with Crippen LogP contribution in [0.25, 0.3) is 0 Å². The predicted octanol–water partition coefficient (Wildman–Crippen LogP) is 2.34. The van der Waals surface area contributed by atoms with E-state index in [-0.39, 0.29) is 16.8 Å². The van der Waals surface area contributed by atoms with Crippen molar-refractivity contribution >= 4 is 31.7 Å². The molecular weight excluding hydrogens is 330 g/mol. The van der Waals surface area contributed by atoms with E-state index < -0.39 is 9.84 Å². The Kier molecular flexibility index (Phi) is 5.55. The van der Waals surface area contributed by atoms with Crippen molar-refractivity contribution in [2.45, 2.75) is 24.8 Å². The third-order valence-corrected chi connectivity index (χ3v) is 4.22. The van der Waals surface area contributed by atoms with Crippen molar-refractivity contribution in [1.82, 2.24) is 4.90 Å². The third kappa shape index (κ3) is 4.31. The van der Waals surface area contributed by atoms with Gasteiger partial charge in [0.15, 0.2) is 9.84 Å². The smallest absolute Gasteiger partial charge is 0.254 e. The summed E-state index contributed by atoms with van der Waals surface area (Å²) in [4.78, 5) is 14.3. The summed E-state index contributed by atoms with van der Waals surface area (Å²) >= 11 is 3.32. The van der Waals surface area contributed by atoms with Crippen molar-refractivity contribution in [1.29, 1.82) is 0 Å². The first-order valence-corrected chi connectivity index (χ1v) is 8.95. The van der Waals surface area contributed by atoms with E-state index in [0.29, 0.717) is 17.4 Å². The molecule has 1 rings (SSSR count). The molecule has 0 spiro atoms. The zero-order valence-corrected chi connectivity index (χ0v) is 13.7. The van der Waals surface area contributed by atoms with E-state index in [1.807, 2.05) is 13.8 Å². The van der Waals surface area contributed by atoms with Crippen molar-refractivity contribution in [3.63, 3.8) is 0 Å². The highest BCUT2D eigenvalue weighted by molar-refractivity contribution is 9.09. The second kappa shape index (κ2) is 6.52. The topological polar surface area (TPSA) is 54.5 Å². The van der Waals surface area contributed by atoms with Crippen molar-refractivity contribution in [2.24, 2.45) is 0 Å². The summed E-state index contributed by atoms with van der Waals surface area (Å²) in [6.45, 7) is 4.52. The second-order valence-corrected chi connectivity index (χ2v) is 7.39. The number of sulfone groups is 1. The van der Waals surface area contributed by atoms with Crippen LogP contribution < -0.4 is 0 Å². The molecule has 6 heteroatoms. The number of carbonyl (C=O) groups excluding carboxylic acids is 1. The largest absolute Gasteiger partial charge is 0.335 e. The molecule has 0 atom stereocenters. The number of amides is 1. The third-order valence-electron chi connectivity index (χ3n) is 2.74. The van der Waals surface area contributed by atoms with Gasteiger partial charge >= 0.3 is 0 Å². The Labute approximate surface area is 122 Å². The average molecular weight is 348 g/mol. The number of hydrogen-bond acceptors (Lipinski definition) is 3. The molecule has 0 fully saturated rings. The highest BCUT2D eigenvalue weighted by atomic mass is 79.9. The lowest BCUT2D eigenvalue weighted by Gasteiger charge is -2.26. The number of carbonyl (C=O) groups is 1. The fraction of sp³-hybridized carbons (Fsp3) is 0.462. The maximum Gasteiger partial charge on any atom is 0.254 e. The van der Waals surface area contributed by atoms with E-state index in [2.05, 4.69) is 15.9 Å². The van der Waals surface area contributed by atoms with E-state index >= 15 is 0 Å². The molecule has 0 heterocycles. The van der Waals surface area contributed by atoms with Gasteiger partial charge in [-0.2, -0.15) is 0 Å². The van der Waals surface area contributed by atoms with Crippen LogP contribution in [0.3, 0.4) is 0 Å². The van der Waals surface area contributed by atoms with Crippen LogP contribution in [0, 0.1) is 0 Å². The molecule has 1 aromatic rings. The van der Waals surface area contributed by atoms with Gasteiger partial charge in [-0.05, 0) is 38.1 Å². The van der Waals surface area contributed by atoms with Crippen LogP contribution in [-0.2, 0) is 9.84 Å². The first-order chi connectivity index (χ1) is 8.77. The minimum Gasteiger partial charge on any atom is -0.335 e. The van der Waals surface area contributed by atoms with E-state index in [1.54, 1.807) is 17.0 Å². The molecule has 4 nitrogen and oxygen atoms in total. The van der Waals surface area contributed by atoms with Crippen LogP contribution in [0.4, 0.5) is 0 Å². The van der Waals surface area contributed by atoms with Gasteiger partial charge in [0.1, 0.15) is 0 Å². The fourth-order valence-corrected chi connectivity index (χ4v) is 2.71. The van der Waals surface area contributed by atoms with E-state index in [9.17, 15) is 13.2 Å². The molecule has 0 N–H and O–H groups in total. The number of rotatable bonds is 5. The summed E-state index contributed by atoms with van der Waals surface area (Å²) < 4.78 is 22.7. The highest BCUT2D eigenvalue weighted by Crippen LogP contribution is 2.13.